The topological polar surface area (TPSA) is 87.5 Å². The molecule has 0 bridgehead atoms. The van der Waals surface area contributed by atoms with Gasteiger partial charge in [0.05, 0.1) is 30.7 Å². The van der Waals surface area contributed by atoms with Gasteiger partial charge in [-0.2, -0.15) is 5.10 Å². The predicted octanol–water partition coefficient (Wildman–Crippen LogP) is 0.977. The predicted molar refractivity (Wildman–Crippen MR) is 83.8 cm³/mol. The smallest absolute Gasteiger partial charge is 0.277 e. The molecular formula is C16H15FN4O3. The van der Waals surface area contributed by atoms with E-state index < -0.39 is 17.6 Å². The quantitative estimate of drug-likeness (QED) is 0.798. The summed E-state index contributed by atoms with van der Waals surface area (Å²) in [7, 11) is 0. The lowest BCUT2D eigenvalue weighted by atomic mass is 10.2. The number of hydrogen-bond donors (Lipinski definition) is 2. The molecule has 0 aliphatic carbocycles. The Labute approximate surface area is 137 Å². The Hall–Kier alpha value is -3.00. The van der Waals surface area contributed by atoms with Gasteiger partial charge < -0.3 is 10.4 Å². The van der Waals surface area contributed by atoms with Crippen LogP contribution in [0.1, 0.15) is 5.56 Å². The van der Waals surface area contributed by atoms with Gasteiger partial charge in [-0.3, -0.25) is 14.5 Å². The highest BCUT2D eigenvalue weighted by molar-refractivity contribution is 6.17. The number of hydrogen-bond acceptors (Lipinski definition) is 5. The molecule has 2 heterocycles. The van der Waals surface area contributed by atoms with E-state index in [9.17, 15) is 14.0 Å². The molecule has 1 aliphatic rings. The number of rotatable bonds is 5. The molecule has 7 nitrogen and oxygen atoms in total. The molecule has 3 rings (SSSR count). The van der Waals surface area contributed by atoms with Crippen LogP contribution in [-0.2, 0) is 9.59 Å². The standard InChI is InChI=1S/C16H15FN4O3/c1-10-8-18-21(9-10)14-3-2-11(17)6-12(14)19-13-7-15(23)20(4-5-22)16(13)24/h2-3,6-9,19,22H,4-5H2,1H3. The van der Waals surface area contributed by atoms with Crippen molar-refractivity contribution in [2.75, 3.05) is 18.5 Å². The fourth-order valence-corrected chi connectivity index (χ4v) is 2.41. The van der Waals surface area contributed by atoms with E-state index in [-0.39, 0.29) is 18.8 Å². The average Bonchev–Trinajstić information content (AvgIpc) is 3.07. The lowest BCUT2D eigenvalue weighted by Crippen LogP contribution is -2.34. The van der Waals surface area contributed by atoms with Gasteiger partial charge in [-0.15, -0.1) is 0 Å². The summed E-state index contributed by atoms with van der Waals surface area (Å²) in [6, 6.07) is 4.03. The molecule has 0 unspecified atom stereocenters. The first-order chi connectivity index (χ1) is 11.5. The summed E-state index contributed by atoms with van der Waals surface area (Å²) in [4.78, 5) is 24.9. The van der Waals surface area contributed by atoms with E-state index in [0.29, 0.717) is 11.4 Å². The monoisotopic (exact) mass is 330 g/mol. The molecule has 2 aromatic rings. The van der Waals surface area contributed by atoms with Crippen molar-refractivity contribution in [3.05, 3.63) is 53.7 Å². The van der Waals surface area contributed by atoms with Crippen LogP contribution in [0.15, 0.2) is 42.4 Å². The lowest BCUT2D eigenvalue weighted by molar-refractivity contribution is -0.137. The fraction of sp³-hybridized carbons (Fsp3) is 0.188. The van der Waals surface area contributed by atoms with E-state index in [1.54, 1.807) is 17.1 Å². The van der Waals surface area contributed by atoms with Crippen molar-refractivity contribution in [2.45, 2.75) is 6.92 Å². The fourth-order valence-electron chi connectivity index (χ4n) is 2.41. The Morgan fingerprint density at radius 1 is 1.33 bits per heavy atom. The van der Waals surface area contributed by atoms with E-state index in [1.165, 1.54) is 18.2 Å². The third-order valence-electron chi connectivity index (χ3n) is 3.52. The van der Waals surface area contributed by atoms with Gasteiger partial charge in [0.1, 0.15) is 11.5 Å². The summed E-state index contributed by atoms with van der Waals surface area (Å²) in [5, 5.41) is 15.9. The highest BCUT2D eigenvalue weighted by Crippen LogP contribution is 2.25. The molecular weight excluding hydrogens is 315 g/mol. The van der Waals surface area contributed by atoms with Crippen LogP contribution in [0, 0.1) is 12.7 Å². The molecule has 24 heavy (non-hydrogen) atoms. The molecule has 124 valence electrons. The largest absolute Gasteiger partial charge is 0.395 e. The van der Waals surface area contributed by atoms with Gasteiger partial charge in [0.25, 0.3) is 11.8 Å². The molecule has 0 saturated carbocycles. The minimum Gasteiger partial charge on any atom is -0.395 e. The Balaban J connectivity index is 1.93. The number of aryl methyl sites for hydroxylation is 1. The number of carbonyl (C=O) groups excluding carboxylic acids is 2. The Kier molecular flexibility index (Phi) is 4.13. The van der Waals surface area contributed by atoms with Crippen molar-refractivity contribution in [3.8, 4) is 5.69 Å². The van der Waals surface area contributed by atoms with Gasteiger partial charge >= 0.3 is 0 Å². The third-order valence-corrected chi connectivity index (χ3v) is 3.52. The zero-order chi connectivity index (χ0) is 17.3. The van der Waals surface area contributed by atoms with Crippen LogP contribution in [0.4, 0.5) is 10.1 Å². The zero-order valence-electron chi connectivity index (χ0n) is 12.9. The molecule has 0 radical (unpaired) electrons. The normalized spacial score (nSPS) is 14.3. The first-order valence-electron chi connectivity index (χ1n) is 7.26. The summed E-state index contributed by atoms with van der Waals surface area (Å²) in [5.41, 5.74) is 1.78. The maximum atomic E-state index is 13.6. The van der Waals surface area contributed by atoms with Crippen LogP contribution >= 0.6 is 0 Å². The first kappa shape index (κ1) is 15.9. The maximum absolute atomic E-state index is 13.6. The Morgan fingerprint density at radius 2 is 2.12 bits per heavy atom. The number of imide groups is 1. The number of carbonyl (C=O) groups is 2. The first-order valence-corrected chi connectivity index (χ1v) is 7.26. The Morgan fingerprint density at radius 3 is 2.79 bits per heavy atom. The number of aromatic nitrogens is 2. The maximum Gasteiger partial charge on any atom is 0.277 e. The van der Waals surface area contributed by atoms with Crippen molar-refractivity contribution >= 4 is 17.5 Å². The van der Waals surface area contributed by atoms with Gasteiger partial charge in [-0.25, -0.2) is 9.07 Å². The second-order valence-corrected chi connectivity index (χ2v) is 5.33. The van der Waals surface area contributed by atoms with Gasteiger partial charge in [0.15, 0.2) is 0 Å². The third kappa shape index (κ3) is 2.91. The van der Waals surface area contributed by atoms with Crippen molar-refractivity contribution in [2.24, 2.45) is 0 Å². The number of nitrogens with one attached hydrogen (secondary N) is 1. The number of β-amino-alcohol motifs (C(OH)–C–C–N with tert-alkyl or cyclic N) is 1. The van der Waals surface area contributed by atoms with Gasteiger partial charge in [0, 0.05) is 12.3 Å². The number of aliphatic hydroxyl groups excluding tert-OH is 1. The van der Waals surface area contributed by atoms with Crippen LogP contribution in [0.5, 0.6) is 0 Å². The summed E-state index contributed by atoms with van der Waals surface area (Å²) in [6.07, 6.45) is 4.53. The number of benzene rings is 1. The molecule has 8 heteroatoms. The summed E-state index contributed by atoms with van der Waals surface area (Å²) in [5.74, 6) is -1.58. The number of aliphatic hydroxyl groups is 1. The van der Waals surface area contributed by atoms with Crippen LogP contribution in [-0.4, -0.2) is 44.8 Å². The summed E-state index contributed by atoms with van der Waals surface area (Å²) < 4.78 is 15.2. The highest BCUT2D eigenvalue weighted by atomic mass is 19.1. The number of anilines is 1. The number of amides is 2. The van der Waals surface area contributed by atoms with Crippen LogP contribution < -0.4 is 5.32 Å². The molecule has 0 spiro atoms. The van der Waals surface area contributed by atoms with Gasteiger partial charge in [-0.1, -0.05) is 0 Å². The molecule has 2 N–H and O–H groups in total. The second kappa shape index (κ2) is 6.25. The molecule has 0 saturated heterocycles. The van der Waals surface area contributed by atoms with E-state index in [2.05, 4.69) is 10.4 Å². The van der Waals surface area contributed by atoms with Crippen molar-refractivity contribution in [3.63, 3.8) is 0 Å². The van der Waals surface area contributed by atoms with Crippen LogP contribution in [0.2, 0.25) is 0 Å². The molecule has 0 atom stereocenters. The molecule has 1 aliphatic heterocycles. The average molecular weight is 330 g/mol. The minimum atomic E-state index is -0.569. The van der Waals surface area contributed by atoms with Crippen molar-refractivity contribution in [1.29, 1.82) is 0 Å². The van der Waals surface area contributed by atoms with E-state index in [0.717, 1.165) is 16.5 Å². The molecule has 2 amide bonds. The Bertz CT molecular complexity index is 844. The summed E-state index contributed by atoms with van der Waals surface area (Å²) in [6.45, 7) is 1.46. The zero-order valence-corrected chi connectivity index (χ0v) is 12.9. The van der Waals surface area contributed by atoms with Gasteiger partial charge in [-0.05, 0) is 30.7 Å². The van der Waals surface area contributed by atoms with E-state index >= 15 is 0 Å². The SMILES string of the molecule is Cc1cnn(-c2ccc(F)cc2NC2=CC(=O)N(CCO)C2=O)c1. The van der Waals surface area contributed by atoms with Crippen molar-refractivity contribution < 1.29 is 19.1 Å². The van der Waals surface area contributed by atoms with E-state index in [4.69, 9.17) is 5.11 Å². The summed E-state index contributed by atoms with van der Waals surface area (Å²) >= 11 is 0. The molecule has 1 aromatic carbocycles. The minimum absolute atomic E-state index is 0.0178. The van der Waals surface area contributed by atoms with Crippen LogP contribution in [0.3, 0.4) is 0 Å². The number of halogens is 1. The van der Waals surface area contributed by atoms with Gasteiger partial charge in [0.2, 0.25) is 0 Å². The highest BCUT2D eigenvalue weighted by Gasteiger charge is 2.31. The number of nitrogens with zero attached hydrogens (tertiary/aromatic N) is 3. The van der Waals surface area contributed by atoms with E-state index in [1.807, 2.05) is 6.92 Å². The van der Waals surface area contributed by atoms with Crippen LogP contribution in [0.25, 0.3) is 5.69 Å². The molecule has 1 aromatic heterocycles. The second-order valence-electron chi connectivity index (χ2n) is 5.33. The molecule has 0 fully saturated rings. The lowest BCUT2D eigenvalue weighted by Gasteiger charge is -2.15. The van der Waals surface area contributed by atoms with Crippen molar-refractivity contribution in [1.82, 2.24) is 14.7 Å².